The summed E-state index contributed by atoms with van der Waals surface area (Å²) in [5.41, 5.74) is 8.26. The van der Waals surface area contributed by atoms with Gasteiger partial charge in [-0.05, 0) is 35.2 Å². The maximum atomic E-state index is 13.4. The average Bonchev–Trinajstić information content (AvgIpc) is 2.93. The van der Waals surface area contributed by atoms with E-state index in [-0.39, 0.29) is 31.7 Å². The van der Waals surface area contributed by atoms with Gasteiger partial charge in [-0.15, -0.1) is 0 Å². The van der Waals surface area contributed by atoms with Crippen molar-refractivity contribution < 1.29 is 23.3 Å². The van der Waals surface area contributed by atoms with Crippen molar-refractivity contribution in [2.45, 2.75) is 43.0 Å². The lowest BCUT2D eigenvalue weighted by Gasteiger charge is -2.35. The summed E-state index contributed by atoms with van der Waals surface area (Å²) >= 11 is 0. The van der Waals surface area contributed by atoms with Crippen molar-refractivity contribution in [3.63, 3.8) is 0 Å². The Morgan fingerprint density at radius 3 is 2.24 bits per heavy atom. The van der Waals surface area contributed by atoms with Gasteiger partial charge in [0.2, 0.25) is 11.8 Å². The van der Waals surface area contributed by atoms with Gasteiger partial charge in [-0.3, -0.25) is 18.7 Å². The summed E-state index contributed by atoms with van der Waals surface area (Å²) in [6.45, 7) is 0.266. The number of nitrogens with two attached hydrogens (primary N) is 1. The Morgan fingerprint density at radius 2 is 1.57 bits per heavy atom. The minimum absolute atomic E-state index is 0.0708. The SMILES string of the molecule is NC(=O)[C@@H](CC[S@@](=O)c1ccccc1)NC(=O)[C@@H]1Cc2ccccc2CN1C(=O)OCc1ccccc1. The quantitative estimate of drug-likeness (QED) is 0.451. The number of hydrogen-bond acceptors (Lipinski definition) is 5. The average molecular weight is 520 g/mol. The maximum Gasteiger partial charge on any atom is 0.411 e. The molecule has 3 N–H and O–H groups in total. The van der Waals surface area contributed by atoms with Crippen molar-refractivity contribution >= 4 is 28.7 Å². The molecule has 0 aromatic heterocycles. The van der Waals surface area contributed by atoms with Crippen LogP contribution >= 0.6 is 0 Å². The molecule has 1 aliphatic rings. The molecule has 0 unspecified atom stereocenters. The summed E-state index contributed by atoms with van der Waals surface area (Å²) in [5, 5.41) is 2.69. The summed E-state index contributed by atoms with van der Waals surface area (Å²) in [6, 6.07) is 23.8. The van der Waals surface area contributed by atoms with Crippen LogP contribution in [0.4, 0.5) is 4.79 Å². The highest BCUT2D eigenvalue weighted by molar-refractivity contribution is 7.85. The Morgan fingerprint density at radius 1 is 0.946 bits per heavy atom. The summed E-state index contributed by atoms with van der Waals surface area (Å²) < 4.78 is 18.1. The highest BCUT2D eigenvalue weighted by atomic mass is 32.2. The molecular formula is C28H29N3O5S. The minimum Gasteiger partial charge on any atom is -0.445 e. The molecule has 0 saturated carbocycles. The lowest BCUT2D eigenvalue weighted by Crippen LogP contribution is -2.56. The second-order valence-corrected chi connectivity index (χ2v) is 10.3. The first-order valence-electron chi connectivity index (χ1n) is 12.0. The van der Waals surface area contributed by atoms with Crippen LogP contribution in [-0.4, -0.2) is 44.9 Å². The molecule has 0 fully saturated rings. The molecule has 0 bridgehead atoms. The zero-order valence-electron chi connectivity index (χ0n) is 20.2. The van der Waals surface area contributed by atoms with E-state index in [0.717, 1.165) is 16.7 Å². The van der Waals surface area contributed by atoms with Crippen molar-refractivity contribution in [3.05, 3.63) is 102 Å². The highest BCUT2D eigenvalue weighted by Crippen LogP contribution is 2.25. The van der Waals surface area contributed by atoms with Crippen LogP contribution in [0.15, 0.2) is 89.8 Å². The molecular weight excluding hydrogens is 490 g/mol. The normalized spacial score (nSPS) is 16.2. The Hall–Kier alpha value is -3.98. The van der Waals surface area contributed by atoms with E-state index >= 15 is 0 Å². The van der Waals surface area contributed by atoms with Gasteiger partial charge in [0, 0.05) is 17.1 Å². The molecule has 1 aliphatic heterocycles. The van der Waals surface area contributed by atoms with Crippen LogP contribution in [-0.2, 0) is 44.7 Å². The number of rotatable bonds is 9. The topological polar surface area (TPSA) is 119 Å². The molecule has 0 aliphatic carbocycles. The van der Waals surface area contributed by atoms with E-state index in [1.807, 2.05) is 60.7 Å². The van der Waals surface area contributed by atoms with Gasteiger partial charge in [0.25, 0.3) is 0 Å². The molecule has 0 radical (unpaired) electrons. The van der Waals surface area contributed by atoms with Gasteiger partial charge in [-0.25, -0.2) is 4.79 Å². The molecule has 1 heterocycles. The van der Waals surface area contributed by atoms with E-state index in [0.29, 0.717) is 4.90 Å². The van der Waals surface area contributed by atoms with Crippen LogP contribution in [0.2, 0.25) is 0 Å². The molecule has 3 amide bonds. The van der Waals surface area contributed by atoms with Crippen molar-refractivity contribution in [3.8, 4) is 0 Å². The molecule has 4 rings (SSSR count). The van der Waals surface area contributed by atoms with Crippen LogP contribution < -0.4 is 11.1 Å². The van der Waals surface area contributed by atoms with Crippen molar-refractivity contribution in [1.29, 1.82) is 0 Å². The molecule has 0 saturated heterocycles. The predicted octanol–water partition coefficient (Wildman–Crippen LogP) is 2.92. The molecule has 3 aromatic rings. The third-order valence-electron chi connectivity index (χ3n) is 6.25. The first kappa shape index (κ1) is 26.1. The number of fused-ring (bicyclic) bond motifs is 1. The van der Waals surface area contributed by atoms with Gasteiger partial charge in [-0.1, -0.05) is 72.8 Å². The van der Waals surface area contributed by atoms with E-state index < -0.39 is 40.8 Å². The van der Waals surface area contributed by atoms with Gasteiger partial charge in [0.15, 0.2) is 0 Å². The number of primary amides is 1. The highest BCUT2D eigenvalue weighted by Gasteiger charge is 2.37. The first-order valence-corrected chi connectivity index (χ1v) is 13.3. The lowest BCUT2D eigenvalue weighted by molar-refractivity contribution is -0.131. The standard InChI is InChI=1S/C28H29N3O5S/c29-26(32)24(15-16-37(35)23-13-5-2-6-14-23)30-27(33)25-17-21-11-7-8-12-22(21)18-31(25)28(34)36-19-20-9-3-1-4-10-20/h1-14,24-25H,15-19H2,(H2,29,32)(H,30,33)/t24-,25+,37-/m1/s1. The van der Waals surface area contributed by atoms with Crippen molar-refractivity contribution in [1.82, 2.24) is 10.2 Å². The molecule has 8 nitrogen and oxygen atoms in total. The fraction of sp³-hybridized carbons (Fsp3) is 0.250. The molecule has 9 heteroatoms. The number of hydrogen-bond donors (Lipinski definition) is 2. The maximum absolute atomic E-state index is 13.4. The minimum atomic E-state index is -1.35. The first-order chi connectivity index (χ1) is 17.9. The van der Waals surface area contributed by atoms with Crippen molar-refractivity contribution in [2.75, 3.05) is 5.75 Å². The Labute approximate surface area is 218 Å². The van der Waals surface area contributed by atoms with Gasteiger partial charge in [0.1, 0.15) is 18.7 Å². The Balaban J connectivity index is 1.46. The summed E-state index contributed by atoms with van der Waals surface area (Å²) in [7, 11) is -1.35. The third kappa shape index (κ3) is 6.83. The van der Waals surface area contributed by atoms with Gasteiger partial charge < -0.3 is 15.8 Å². The number of carbonyl (C=O) groups excluding carboxylic acids is 3. The summed E-state index contributed by atoms with van der Waals surface area (Å²) in [4.78, 5) is 40.6. The van der Waals surface area contributed by atoms with E-state index in [1.54, 1.807) is 24.3 Å². The van der Waals surface area contributed by atoms with Crippen molar-refractivity contribution in [2.24, 2.45) is 5.73 Å². The van der Waals surface area contributed by atoms with E-state index in [1.165, 1.54) is 4.90 Å². The molecule has 0 spiro atoms. The zero-order chi connectivity index (χ0) is 26.2. The molecule has 37 heavy (non-hydrogen) atoms. The second kappa shape index (κ2) is 12.3. The van der Waals surface area contributed by atoms with Gasteiger partial charge in [0.05, 0.1) is 17.3 Å². The van der Waals surface area contributed by atoms with Crippen LogP contribution in [0.5, 0.6) is 0 Å². The van der Waals surface area contributed by atoms with E-state index in [4.69, 9.17) is 10.5 Å². The monoisotopic (exact) mass is 519 g/mol. The largest absolute Gasteiger partial charge is 0.445 e. The van der Waals surface area contributed by atoms with Crippen LogP contribution in [0, 0.1) is 0 Å². The number of nitrogens with one attached hydrogen (secondary N) is 1. The number of nitrogens with zero attached hydrogens (tertiary/aromatic N) is 1. The van der Waals surface area contributed by atoms with Crippen LogP contribution in [0.3, 0.4) is 0 Å². The van der Waals surface area contributed by atoms with Crippen LogP contribution in [0.1, 0.15) is 23.1 Å². The fourth-order valence-electron chi connectivity index (χ4n) is 4.22. The van der Waals surface area contributed by atoms with Gasteiger partial charge >= 0.3 is 6.09 Å². The molecule has 3 aromatic carbocycles. The molecule has 192 valence electrons. The third-order valence-corrected chi connectivity index (χ3v) is 7.65. The van der Waals surface area contributed by atoms with Crippen LogP contribution in [0.25, 0.3) is 0 Å². The number of benzene rings is 3. The smallest absolute Gasteiger partial charge is 0.411 e. The second-order valence-electron chi connectivity index (χ2n) is 8.77. The van der Waals surface area contributed by atoms with Gasteiger partial charge in [-0.2, -0.15) is 0 Å². The van der Waals surface area contributed by atoms with E-state index in [9.17, 15) is 18.6 Å². The van der Waals surface area contributed by atoms with E-state index in [2.05, 4.69) is 5.32 Å². The summed E-state index contributed by atoms with van der Waals surface area (Å²) in [5.74, 6) is -1.10. The zero-order valence-corrected chi connectivity index (χ0v) is 21.1. The Kier molecular flexibility index (Phi) is 8.68. The number of amides is 3. The number of ether oxygens (including phenoxy) is 1. The number of carbonyl (C=O) groups is 3. The lowest BCUT2D eigenvalue weighted by atomic mass is 9.93. The fourth-order valence-corrected chi connectivity index (χ4v) is 5.37. The molecule has 3 atom stereocenters. The summed E-state index contributed by atoms with van der Waals surface area (Å²) in [6.07, 6.45) is -0.256. The Bertz CT molecular complexity index is 1270. The predicted molar refractivity (Wildman–Crippen MR) is 140 cm³/mol.